The second-order valence-corrected chi connectivity index (χ2v) is 9.45. The Labute approximate surface area is 199 Å². The van der Waals surface area contributed by atoms with Gasteiger partial charge in [0.1, 0.15) is 5.70 Å². The van der Waals surface area contributed by atoms with Gasteiger partial charge in [-0.1, -0.05) is 18.5 Å². The molecule has 3 aliphatic rings. The molecule has 12 heteroatoms. The molecule has 6 atom stereocenters. The van der Waals surface area contributed by atoms with E-state index in [2.05, 4.69) is 5.32 Å². The number of carboxylic acids is 1. The number of aliphatic hydroxyl groups excluding tert-OH is 2. The van der Waals surface area contributed by atoms with Crippen LogP contribution >= 0.6 is 11.6 Å². The standard InChI is InChI=1S/C22H26ClN3O8/c1-8-11(18(22(33)34)26-17(8)15(9(2)27)21(26)32)5-25-6-12(14(29)7-25)24-20(31)10-3-4-13(28)19(30)16(10)23/h3-4,8-9,12,14-15,17,27-30H,5-7H2,1-2H3,(H,24,31)(H,33,34)/t8-,9+,12?,14-,15?,17+/m0/s1. The van der Waals surface area contributed by atoms with Gasteiger partial charge in [0, 0.05) is 25.6 Å². The fourth-order valence-corrected chi connectivity index (χ4v) is 5.45. The van der Waals surface area contributed by atoms with E-state index in [1.54, 1.807) is 4.90 Å². The number of carbonyl (C=O) groups excluding carboxylic acids is 2. The van der Waals surface area contributed by atoms with Gasteiger partial charge in [0.15, 0.2) is 11.5 Å². The van der Waals surface area contributed by atoms with Crippen molar-refractivity contribution >= 4 is 29.4 Å². The number of aliphatic carboxylic acids is 1. The third kappa shape index (κ3) is 3.78. The first kappa shape index (κ1) is 24.3. The van der Waals surface area contributed by atoms with Crippen molar-refractivity contribution in [2.24, 2.45) is 11.8 Å². The van der Waals surface area contributed by atoms with Gasteiger partial charge >= 0.3 is 5.97 Å². The second-order valence-electron chi connectivity index (χ2n) is 9.07. The molecule has 2 unspecified atom stereocenters. The molecule has 0 radical (unpaired) electrons. The maximum atomic E-state index is 12.6. The highest BCUT2D eigenvalue weighted by molar-refractivity contribution is 6.35. The van der Waals surface area contributed by atoms with Crippen molar-refractivity contribution < 1.29 is 39.9 Å². The number of benzene rings is 1. The van der Waals surface area contributed by atoms with Gasteiger partial charge in [-0.2, -0.15) is 0 Å². The number of nitrogens with zero attached hydrogens (tertiary/aromatic N) is 2. The Morgan fingerprint density at radius 1 is 1.26 bits per heavy atom. The molecule has 184 valence electrons. The molecule has 0 bridgehead atoms. The highest BCUT2D eigenvalue weighted by Gasteiger charge is 2.60. The van der Waals surface area contributed by atoms with Gasteiger partial charge in [0.05, 0.1) is 40.8 Å². The van der Waals surface area contributed by atoms with E-state index >= 15 is 0 Å². The Bertz CT molecular complexity index is 1090. The van der Waals surface area contributed by atoms with Crippen molar-refractivity contribution in [3.05, 3.63) is 34.0 Å². The molecular weight excluding hydrogens is 470 g/mol. The van der Waals surface area contributed by atoms with Crippen molar-refractivity contribution in [3.63, 3.8) is 0 Å². The summed E-state index contributed by atoms with van der Waals surface area (Å²) in [6, 6.07) is 1.24. The monoisotopic (exact) mass is 495 g/mol. The van der Waals surface area contributed by atoms with Gasteiger partial charge in [-0.3, -0.25) is 14.5 Å². The third-order valence-corrected chi connectivity index (χ3v) is 7.32. The summed E-state index contributed by atoms with van der Waals surface area (Å²) in [6.07, 6.45) is -1.85. The number of hydrogen-bond donors (Lipinski definition) is 6. The Balaban J connectivity index is 1.48. The van der Waals surface area contributed by atoms with E-state index in [4.69, 9.17) is 11.6 Å². The summed E-state index contributed by atoms with van der Waals surface area (Å²) in [5.74, 6) is -4.35. The fraction of sp³-hybridized carbons (Fsp3) is 0.500. The maximum absolute atomic E-state index is 12.6. The SMILES string of the molecule is C[C@@H](O)C1C(=O)N2C(C(=O)O)=C(CN3CC(NC(=O)c4ccc(O)c(O)c4Cl)[C@@H](O)C3)[C@H](C)[C@H]12. The van der Waals surface area contributed by atoms with E-state index in [9.17, 15) is 39.9 Å². The van der Waals surface area contributed by atoms with E-state index in [1.807, 2.05) is 6.92 Å². The van der Waals surface area contributed by atoms with Crippen LogP contribution in [-0.4, -0.2) is 97.0 Å². The van der Waals surface area contributed by atoms with Gasteiger partial charge in [0.25, 0.3) is 5.91 Å². The van der Waals surface area contributed by atoms with E-state index in [-0.39, 0.29) is 41.8 Å². The quantitative estimate of drug-likeness (QED) is 0.229. The first-order valence-corrected chi connectivity index (χ1v) is 11.2. The van der Waals surface area contributed by atoms with E-state index < -0.39 is 59.5 Å². The summed E-state index contributed by atoms with van der Waals surface area (Å²) in [5.41, 5.74) is 0.363. The van der Waals surface area contributed by atoms with Gasteiger partial charge < -0.3 is 35.7 Å². The van der Waals surface area contributed by atoms with Crippen molar-refractivity contribution in [2.75, 3.05) is 19.6 Å². The molecule has 3 heterocycles. The molecule has 1 aromatic rings. The fourth-order valence-electron chi connectivity index (χ4n) is 5.21. The number of rotatable bonds is 6. The summed E-state index contributed by atoms with van der Waals surface area (Å²) in [7, 11) is 0. The number of carbonyl (C=O) groups is 3. The molecular formula is C22H26ClN3O8. The molecule has 0 aromatic heterocycles. The molecule has 0 aliphatic carbocycles. The summed E-state index contributed by atoms with van der Waals surface area (Å²) >= 11 is 5.94. The van der Waals surface area contributed by atoms with Crippen LogP contribution < -0.4 is 5.32 Å². The average Bonchev–Trinajstić information content (AvgIpc) is 3.21. The number of amides is 2. The lowest BCUT2D eigenvalue weighted by Gasteiger charge is -2.46. The van der Waals surface area contributed by atoms with Crippen LogP contribution in [0.25, 0.3) is 0 Å². The number of phenolic OH excluding ortho intramolecular Hbond substituents is 2. The molecule has 3 aliphatic heterocycles. The Kier molecular flexibility index (Phi) is 6.23. The van der Waals surface area contributed by atoms with Gasteiger partial charge in [-0.25, -0.2) is 4.79 Å². The number of nitrogens with one attached hydrogen (secondary N) is 1. The Hall–Kier alpha value is -2.86. The zero-order chi connectivity index (χ0) is 25.1. The van der Waals surface area contributed by atoms with Crippen LogP contribution in [-0.2, 0) is 9.59 Å². The van der Waals surface area contributed by atoms with Crippen molar-refractivity contribution in [2.45, 2.75) is 38.1 Å². The van der Waals surface area contributed by atoms with Gasteiger partial charge in [-0.05, 0) is 24.6 Å². The van der Waals surface area contributed by atoms with Crippen LogP contribution in [0, 0.1) is 11.8 Å². The molecule has 2 amide bonds. The minimum absolute atomic E-state index is 0.0741. The molecule has 6 N–H and O–H groups in total. The number of halogens is 1. The van der Waals surface area contributed by atoms with Crippen LogP contribution in [0.3, 0.4) is 0 Å². The molecule has 2 saturated heterocycles. The summed E-state index contributed by atoms with van der Waals surface area (Å²) in [6.45, 7) is 3.85. The molecule has 2 fully saturated rings. The predicted molar refractivity (Wildman–Crippen MR) is 118 cm³/mol. The highest BCUT2D eigenvalue weighted by atomic mass is 35.5. The smallest absolute Gasteiger partial charge is 0.352 e. The van der Waals surface area contributed by atoms with E-state index in [0.29, 0.717) is 5.57 Å². The molecule has 34 heavy (non-hydrogen) atoms. The zero-order valence-corrected chi connectivity index (χ0v) is 19.2. The lowest BCUT2D eigenvalue weighted by Crippen LogP contribution is -2.63. The topological polar surface area (TPSA) is 171 Å². The zero-order valence-electron chi connectivity index (χ0n) is 18.5. The normalized spacial score (nSPS) is 29.7. The first-order valence-electron chi connectivity index (χ1n) is 10.8. The minimum Gasteiger partial charge on any atom is -0.504 e. The number of aromatic hydroxyl groups is 2. The number of carboxylic acid groups (broad SMARTS) is 1. The van der Waals surface area contributed by atoms with Crippen LogP contribution in [0.1, 0.15) is 24.2 Å². The van der Waals surface area contributed by atoms with Crippen LogP contribution in [0.5, 0.6) is 11.5 Å². The van der Waals surface area contributed by atoms with Crippen molar-refractivity contribution in [1.82, 2.24) is 15.1 Å². The average molecular weight is 496 g/mol. The Morgan fingerprint density at radius 3 is 2.56 bits per heavy atom. The number of β-amino-alcohol motifs (C(OH)–C–C–N with tert-alkyl or cyclic N) is 1. The number of hydrogen-bond acceptors (Lipinski definition) is 8. The van der Waals surface area contributed by atoms with E-state index in [1.165, 1.54) is 17.9 Å². The van der Waals surface area contributed by atoms with Crippen LogP contribution in [0.15, 0.2) is 23.4 Å². The summed E-state index contributed by atoms with van der Waals surface area (Å²) in [5, 5.41) is 51.8. The largest absolute Gasteiger partial charge is 0.504 e. The number of phenols is 2. The van der Waals surface area contributed by atoms with Crippen molar-refractivity contribution in [3.8, 4) is 11.5 Å². The molecule has 1 aromatic carbocycles. The summed E-state index contributed by atoms with van der Waals surface area (Å²) in [4.78, 5) is 40.1. The summed E-state index contributed by atoms with van der Waals surface area (Å²) < 4.78 is 0. The predicted octanol–water partition coefficient (Wildman–Crippen LogP) is -0.278. The lowest BCUT2D eigenvalue weighted by molar-refractivity contribution is -0.163. The highest BCUT2D eigenvalue weighted by Crippen LogP contribution is 2.47. The lowest BCUT2D eigenvalue weighted by atomic mass is 9.77. The second kappa shape index (κ2) is 8.73. The molecule has 11 nitrogen and oxygen atoms in total. The van der Waals surface area contributed by atoms with E-state index in [0.717, 1.165) is 6.07 Å². The molecule has 0 saturated carbocycles. The third-order valence-electron chi connectivity index (χ3n) is 6.93. The first-order chi connectivity index (χ1) is 15.9. The number of aliphatic hydroxyl groups is 2. The minimum atomic E-state index is -1.23. The molecule has 4 rings (SSSR count). The van der Waals surface area contributed by atoms with Crippen molar-refractivity contribution in [1.29, 1.82) is 0 Å². The Morgan fingerprint density at radius 2 is 1.94 bits per heavy atom. The number of likely N-dealkylation sites (tertiary alicyclic amines) is 1. The maximum Gasteiger partial charge on any atom is 0.352 e. The number of β-lactam (4-membered cyclic amide) rings is 1. The van der Waals surface area contributed by atoms with Crippen LogP contribution in [0.2, 0.25) is 5.02 Å². The van der Waals surface area contributed by atoms with Gasteiger partial charge in [-0.15, -0.1) is 0 Å². The van der Waals surface area contributed by atoms with Crippen LogP contribution in [0.4, 0.5) is 0 Å². The van der Waals surface area contributed by atoms with Gasteiger partial charge in [0.2, 0.25) is 5.91 Å². The number of fused-ring (bicyclic) bond motifs is 1. The molecule has 0 spiro atoms.